The van der Waals surface area contributed by atoms with Crippen molar-refractivity contribution >= 4 is 5.69 Å². The quantitative estimate of drug-likeness (QED) is 0.561. The Balaban J connectivity index is 2.49. The van der Waals surface area contributed by atoms with Crippen LogP contribution in [-0.2, 0) is 6.54 Å². The summed E-state index contributed by atoms with van der Waals surface area (Å²) in [5.74, 6) is 0.815. The van der Waals surface area contributed by atoms with Crippen LogP contribution in [0, 0.1) is 0 Å². The van der Waals surface area contributed by atoms with Gasteiger partial charge in [0.2, 0.25) is 0 Å². The first-order chi connectivity index (χ1) is 5.27. The molecule has 58 valence electrons. The number of anilines is 1. The monoisotopic (exact) mass is 150 g/mol. The molecule has 0 radical (unpaired) electrons. The summed E-state index contributed by atoms with van der Waals surface area (Å²) in [6, 6.07) is 5.81. The van der Waals surface area contributed by atoms with Crippen molar-refractivity contribution in [1.82, 2.24) is 5.06 Å². The molecule has 3 heteroatoms. The van der Waals surface area contributed by atoms with Crippen LogP contribution < -0.4 is 10.6 Å². The van der Waals surface area contributed by atoms with Crippen LogP contribution in [0.4, 0.5) is 5.69 Å². The lowest BCUT2D eigenvalue weighted by molar-refractivity contribution is -0.0130. The molecule has 1 aliphatic heterocycles. The van der Waals surface area contributed by atoms with Crippen molar-refractivity contribution in [2.24, 2.45) is 0 Å². The molecule has 0 saturated carbocycles. The normalized spacial score (nSPS) is 16.1. The first-order valence-electron chi connectivity index (χ1n) is 3.54. The van der Waals surface area contributed by atoms with E-state index in [-0.39, 0.29) is 0 Å². The number of hydroxylamine groups is 2. The maximum absolute atomic E-state index is 5.68. The number of rotatable bonds is 0. The predicted octanol–water partition coefficient (Wildman–Crippen LogP) is 1.01. The van der Waals surface area contributed by atoms with Crippen LogP contribution in [0.2, 0.25) is 0 Å². The predicted molar refractivity (Wildman–Crippen MR) is 42.9 cm³/mol. The molecule has 1 aromatic carbocycles. The van der Waals surface area contributed by atoms with E-state index in [0.717, 1.165) is 17.9 Å². The summed E-state index contributed by atoms with van der Waals surface area (Å²) in [4.78, 5) is 5.35. The fourth-order valence-corrected chi connectivity index (χ4v) is 1.27. The maximum atomic E-state index is 5.68. The van der Waals surface area contributed by atoms with Gasteiger partial charge in [0.05, 0.1) is 12.2 Å². The second-order valence-corrected chi connectivity index (χ2v) is 2.71. The average molecular weight is 150 g/mol. The molecule has 0 bridgehead atoms. The molecule has 11 heavy (non-hydrogen) atoms. The third-order valence-electron chi connectivity index (χ3n) is 1.77. The molecule has 0 aromatic heterocycles. The molecule has 2 rings (SSSR count). The van der Waals surface area contributed by atoms with E-state index in [1.807, 2.05) is 25.2 Å². The van der Waals surface area contributed by atoms with Crippen molar-refractivity contribution in [3.05, 3.63) is 23.8 Å². The lowest BCUT2D eigenvalue weighted by Gasteiger charge is -2.06. The van der Waals surface area contributed by atoms with Crippen molar-refractivity contribution in [2.45, 2.75) is 6.54 Å². The van der Waals surface area contributed by atoms with Gasteiger partial charge in [0.15, 0.2) is 5.75 Å². The zero-order chi connectivity index (χ0) is 7.84. The first kappa shape index (κ1) is 6.49. The Hall–Kier alpha value is -1.22. The van der Waals surface area contributed by atoms with Gasteiger partial charge in [-0.15, -0.1) is 5.06 Å². The third-order valence-corrected chi connectivity index (χ3v) is 1.77. The van der Waals surface area contributed by atoms with Crippen LogP contribution in [0.5, 0.6) is 5.75 Å². The van der Waals surface area contributed by atoms with Gasteiger partial charge in [0, 0.05) is 12.6 Å². The van der Waals surface area contributed by atoms with Crippen LogP contribution in [-0.4, -0.2) is 12.1 Å². The highest BCUT2D eigenvalue weighted by Gasteiger charge is 2.18. The highest BCUT2D eigenvalue weighted by Crippen LogP contribution is 2.32. The maximum Gasteiger partial charge on any atom is 0.174 e. The number of nitrogens with zero attached hydrogens (tertiary/aromatic N) is 1. The minimum atomic E-state index is 0.715. The third kappa shape index (κ3) is 0.935. The Bertz CT molecular complexity index is 285. The molecular formula is C8H10N2O. The first-order valence-corrected chi connectivity index (χ1v) is 3.54. The number of fused-ring (bicyclic) bond motifs is 1. The topological polar surface area (TPSA) is 38.5 Å². The molecule has 1 aliphatic rings. The number of hydrogen-bond donors (Lipinski definition) is 1. The van der Waals surface area contributed by atoms with Gasteiger partial charge >= 0.3 is 0 Å². The van der Waals surface area contributed by atoms with Gasteiger partial charge in [0.1, 0.15) is 0 Å². The second kappa shape index (κ2) is 2.13. The van der Waals surface area contributed by atoms with E-state index in [4.69, 9.17) is 10.6 Å². The van der Waals surface area contributed by atoms with E-state index in [2.05, 4.69) is 0 Å². The SMILES string of the molecule is CN1Cc2cccc(N)c2O1. The molecule has 0 saturated heterocycles. The van der Waals surface area contributed by atoms with Crippen molar-refractivity contribution in [3.8, 4) is 5.75 Å². The summed E-state index contributed by atoms with van der Waals surface area (Å²) in [5.41, 5.74) is 7.56. The van der Waals surface area contributed by atoms with E-state index < -0.39 is 0 Å². The number of nitrogens with two attached hydrogens (primary N) is 1. The van der Waals surface area contributed by atoms with E-state index in [9.17, 15) is 0 Å². The van der Waals surface area contributed by atoms with Gasteiger partial charge in [-0.2, -0.15) is 0 Å². The largest absolute Gasteiger partial charge is 0.403 e. The minimum Gasteiger partial charge on any atom is -0.403 e. The van der Waals surface area contributed by atoms with Gasteiger partial charge in [-0.25, -0.2) is 0 Å². The molecule has 0 atom stereocenters. The fourth-order valence-electron chi connectivity index (χ4n) is 1.27. The number of hydrogen-bond acceptors (Lipinski definition) is 3. The molecule has 1 aromatic rings. The second-order valence-electron chi connectivity index (χ2n) is 2.71. The highest BCUT2D eigenvalue weighted by molar-refractivity contribution is 5.57. The number of para-hydroxylation sites is 1. The lowest BCUT2D eigenvalue weighted by atomic mass is 10.2. The van der Waals surface area contributed by atoms with Gasteiger partial charge in [-0.3, -0.25) is 0 Å². The molecular weight excluding hydrogens is 140 g/mol. The summed E-state index contributed by atoms with van der Waals surface area (Å²) >= 11 is 0. The molecule has 2 N–H and O–H groups in total. The van der Waals surface area contributed by atoms with Crippen LogP contribution in [0.25, 0.3) is 0 Å². The Labute approximate surface area is 65.3 Å². The van der Waals surface area contributed by atoms with Crippen molar-refractivity contribution < 1.29 is 4.84 Å². The fraction of sp³-hybridized carbons (Fsp3) is 0.250. The standard InChI is InChI=1S/C8H10N2O/c1-10-5-6-3-2-4-7(9)8(6)11-10/h2-4H,5,9H2,1H3. The Morgan fingerprint density at radius 1 is 1.55 bits per heavy atom. The minimum absolute atomic E-state index is 0.715. The highest BCUT2D eigenvalue weighted by atomic mass is 16.7. The van der Waals surface area contributed by atoms with E-state index in [1.54, 1.807) is 5.06 Å². The molecule has 0 aliphatic carbocycles. The molecule has 0 amide bonds. The van der Waals surface area contributed by atoms with Crippen LogP contribution in [0.3, 0.4) is 0 Å². The summed E-state index contributed by atoms with van der Waals surface area (Å²) in [6.07, 6.45) is 0. The average Bonchev–Trinajstić information content (AvgIpc) is 2.31. The Kier molecular flexibility index (Phi) is 1.26. The zero-order valence-electron chi connectivity index (χ0n) is 6.37. The smallest absolute Gasteiger partial charge is 0.174 e. The lowest BCUT2D eigenvalue weighted by Crippen LogP contribution is -2.14. The number of nitrogen functional groups attached to an aromatic ring is 1. The number of benzene rings is 1. The van der Waals surface area contributed by atoms with Gasteiger partial charge in [-0.05, 0) is 6.07 Å². The molecule has 0 unspecified atom stereocenters. The summed E-state index contributed by atoms with van der Waals surface area (Å²) < 4.78 is 0. The van der Waals surface area contributed by atoms with Crippen molar-refractivity contribution in [1.29, 1.82) is 0 Å². The molecule has 0 spiro atoms. The Morgan fingerprint density at radius 3 is 3.09 bits per heavy atom. The van der Waals surface area contributed by atoms with Crippen molar-refractivity contribution in [3.63, 3.8) is 0 Å². The van der Waals surface area contributed by atoms with Gasteiger partial charge in [0.25, 0.3) is 0 Å². The van der Waals surface area contributed by atoms with Crippen LogP contribution >= 0.6 is 0 Å². The molecule has 3 nitrogen and oxygen atoms in total. The molecule has 1 heterocycles. The van der Waals surface area contributed by atoms with E-state index in [0.29, 0.717) is 5.69 Å². The summed E-state index contributed by atoms with van der Waals surface area (Å²) in [5, 5.41) is 1.76. The van der Waals surface area contributed by atoms with Crippen molar-refractivity contribution in [2.75, 3.05) is 12.8 Å². The Morgan fingerprint density at radius 2 is 2.36 bits per heavy atom. The van der Waals surface area contributed by atoms with E-state index in [1.165, 1.54) is 0 Å². The summed E-state index contributed by atoms with van der Waals surface area (Å²) in [6.45, 7) is 0.820. The summed E-state index contributed by atoms with van der Waals surface area (Å²) in [7, 11) is 1.89. The van der Waals surface area contributed by atoms with Crippen LogP contribution in [0.1, 0.15) is 5.56 Å². The van der Waals surface area contributed by atoms with Gasteiger partial charge < -0.3 is 10.6 Å². The zero-order valence-corrected chi connectivity index (χ0v) is 6.37. The van der Waals surface area contributed by atoms with E-state index >= 15 is 0 Å². The van der Waals surface area contributed by atoms with Crippen LogP contribution in [0.15, 0.2) is 18.2 Å². The van der Waals surface area contributed by atoms with Gasteiger partial charge in [-0.1, -0.05) is 12.1 Å². The molecule has 0 fully saturated rings.